The quantitative estimate of drug-likeness (QED) is 0.935. The van der Waals surface area contributed by atoms with E-state index in [0.29, 0.717) is 6.04 Å². The summed E-state index contributed by atoms with van der Waals surface area (Å²) in [6, 6.07) is 2.56. The molecule has 3 rings (SSSR count). The number of nitrogens with one attached hydrogen (secondary N) is 1. The van der Waals surface area contributed by atoms with Gasteiger partial charge in [0.2, 0.25) is 0 Å². The Labute approximate surface area is 125 Å². The summed E-state index contributed by atoms with van der Waals surface area (Å²) in [4.78, 5) is 15.8. The molecule has 2 aromatic heterocycles. The Morgan fingerprint density at radius 3 is 3.00 bits per heavy atom. The summed E-state index contributed by atoms with van der Waals surface area (Å²) < 4.78 is 0. The van der Waals surface area contributed by atoms with E-state index in [4.69, 9.17) is 0 Å². The van der Waals surface area contributed by atoms with Crippen molar-refractivity contribution in [2.24, 2.45) is 0 Å². The number of hydrogen-bond donors (Lipinski definition) is 1. The minimum Gasteiger partial charge on any atom is -0.365 e. The van der Waals surface area contributed by atoms with Crippen LogP contribution in [0.25, 0.3) is 11.0 Å². The Kier molecular flexibility index (Phi) is 4.01. The minimum absolute atomic E-state index is 0.468. The van der Waals surface area contributed by atoms with Crippen LogP contribution in [0.1, 0.15) is 31.0 Å². The predicted octanol–water partition coefficient (Wildman–Crippen LogP) is 2.54. The first kappa shape index (κ1) is 14.2. The van der Waals surface area contributed by atoms with Gasteiger partial charge in [0.15, 0.2) is 5.65 Å². The summed E-state index contributed by atoms with van der Waals surface area (Å²) in [5, 5.41) is 4.65. The summed E-state index contributed by atoms with van der Waals surface area (Å²) in [5.41, 5.74) is 2.97. The zero-order chi connectivity index (χ0) is 14.8. The first-order valence-corrected chi connectivity index (χ1v) is 7.75. The van der Waals surface area contributed by atoms with E-state index in [-0.39, 0.29) is 0 Å². The van der Waals surface area contributed by atoms with Crippen molar-refractivity contribution in [3.63, 3.8) is 0 Å². The van der Waals surface area contributed by atoms with Crippen LogP contribution in [0.5, 0.6) is 0 Å². The Morgan fingerprint density at radius 1 is 1.33 bits per heavy atom. The van der Waals surface area contributed by atoms with Crippen LogP contribution in [0.2, 0.25) is 0 Å². The molecule has 0 aliphatic carbocycles. The number of anilines is 1. The van der Waals surface area contributed by atoms with E-state index < -0.39 is 0 Å². The Balaban J connectivity index is 1.85. The molecule has 0 aromatic carbocycles. The van der Waals surface area contributed by atoms with Crippen molar-refractivity contribution < 1.29 is 0 Å². The molecule has 2 aromatic rings. The first-order valence-electron chi connectivity index (χ1n) is 7.75. The summed E-state index contributed by atoms with van der Waals surface area (Å²) >= 11 is 0. The van der Waals surface area contributed by atoms with Crippen molar-refractivity contribution in [1.29, 1.82) is 0 Å². The number of hydrogen-bond acceptors (Lipinski definition) is 5. The molecule has 1 aliphatic rings. The average Bonchev–Trinajstić information content (AvgIpc) is 2.86. The number of fused-ring (bicyclic) bond motifs is 1. The standard InChI is InChI=1S/C16H23N5/c1-4-6-21-7-5-13(9-21)20-16-14-11(2)8-12(3)19-15(14)17-10-18-16/h8,10,13H,4-7,9H2,1-3H3,(H,17,18,19,20)/t13-/m0/s1. The van der Waals surface area contributed by atoms with Gasteiger partial charge in [-0.2, -0.15) is 0 Å². The van der Waals surface area contributed by atoms with E-state index >= 15 is 0 Å². The summed E-state index contributed by atoms with van der Waals surface area (Å²) in [5.74, 6) is 0.924. The molecular formula is C16H23N5. The van der Waals surface area contributed by atoms with Crippen molar-refractivity contribution in [3.05, 3.63) is 23.7 Å². The van der Waals surface area contributed by atoms with Crippen LogP contribution in [0.4, 0.5) is 5.82 Å². The second-order valence-electron chi connectivity index (χ2n) is 5.93. The van der Waals surface area contributed by atoms with Crippen LogP contribution in [0.3, 0.4) is 0 Å². The Hall–Kier alpha value is -1.75. The maximum absolute atomic E-state index is 4.51. The van der Waals surface area contributed by atoms with Gasteiger partial charge in [0, 0.05) is 24.8 Å². The van der Waals surface area contributed by atoms with E-state index in [2.05, 4.69) is 45.1 Å². The monoisotopic (exact) mass is 285 g/mol. The van der Waals surface area contributed by atoms with Gasteiger partial charge in [-0.1, -0.05) is 6.92 Å². The number of aromatic nitrogens is 3. The van der Waals surface area contributed by atoms with Gasteiger partial charge in [-0.15, -0.1) is 0 Å². The molecule has 1 N–H and O–H groups in total. The van der Waals surface area contributed by atoms with Crippen molar-refractivity contribution >= 4 is 16.9 Å². The molecule has 112 valence electrons. The summed E-state index contributed by atoms with van der Waals surface area (Å²) in [7, 11) is 0. The van der Waals surface area contributed by atoms with E-state index in [1.54, 1.807) is 6.33 Å². The highest BCUT2D eigenvalue weighted by atomic mass is 15.2. The normalized spacial score (nSPS) is 19.3. The summed E-state index contributed by atoms with van der Waals surface area (Å²) in [6.45, 7) is 9.78. The van der Waals surface area contributed by atoms with Gasteiger partial charge in [0.25, 0.3) is 0 Å². The highest BCUT2D eigenvalue weighted by molar-refractivity contribution is 5.89. The SMILES string of the molecule is CCCN1CC[C@H](Nc2ncnc3nc(C)cc(C)c23)C1. The zero-order valence-corrected chi connectivity index (χ0v) is 13.1. The number of aryl methyl sites for hydroxylation is 2. The second-order valence-corrected chi connectivity index (χ2v) is 5.93. The molecule has 5 nitrogen and oxygen atoms in total. The molecule has 5 heteroatoms. The van der Waals surface area contributed by atoms with Gasteiger partial charge in [-0.3, -0.25) is 0 Å². The lowest BCUT2D eigenvalue weighted by molar-refractivity contribution is 0.337. The lowest BCUT2D eigenvalue weighted by atomic mass is 10.1. The Morgan fingerprint density at radius 2 is 2.19 bits per heavy atom. The van der Waals surface area contributed by atoms with Crippen LogP contribution in [-0.2, 0) is 0 Å². The van der Waals surface area contributed by atoms with E-state index in [1.807, 2.05) is 6.92 Å². The fourth-order valence-corrected chi connectivity index (χ4v) is 3.18. The van der Waals surface area contributed by atoms with Crippen molar-refractivity contribution in [2.45, 2.75) is 39.7 Å². The van der Waals surface area contributed by atoms with Crippen molar-refractivity contribution in [3.8, 4) is 0 Å². The molecule has 1 atom stereocenters. The molecule has 0 unspecified atom stereocenters. The topological polar surface area (TPSA) is 53.9 Å². The molecule has 21 heavy (non-hydrogen) atoms. The van der Waals surface area contributed by atoms with Crippen molar-refractivity contribution in [1.82, 2.24) is 19.9 Å². The van der Waals surface area contributed by atoms with Crippen molar-refractivity contribution in [2.75, 3.05) is 25.0 Å². The van der Waals surface area contributed by atoms with Gasteiger partial charge in [-0.25, -0.2) is 15.0 Å². The van der Waals surface area contributed by atoms with E-state index in [9.17, 15) is 0 Å². The van der Waals surface area contributed by atoms with Crippen LogP contribution < -0.4 is 5.32 Å². The largest absolute Gasteiger partial charge is 0.365 e. The zero-order valence-electron chi connectivity index (χ0n) is 13.1. The number of rotatable bonds is 4. The maximum atomic E-state index is 4.51. The molecule has 0 saturated carbocycles. The predicted molar refractivity (Wildman–Crippen MR) is 85.6 cm³/mol. The van der Waals surface area contributed by atoms with Gasteiger partial charge < -0.3 is 10.2 Å². The molecule has 0 bridgehead atoms. The summed E-state index contributed by atoms with van der Waals surface area (Å²) in [6.07, 6.45) is 3.99. The fourth-order valence-electron chi connectivity index (χ4n) is 3.18. The van der Waals surface area contributed by atoms with Crippen LogP contribution in [-0.4, -0.2) is 45.5 Å². The molecule has 3 heterocycles. The van der Waals surface area contributed by atoms with Crippen LogP contribution >= 0.6 is 0 Å². The van der Waals surface area contributed by atoms with E-state index in [0.717, 1.165) is 29.1 Å². The Bertz CT molecular complexity index is 640. The average molecular weight is 285 g/mol. The fraction of sp³-hybridized carbons (Fsp3) is 0.562. The van der Waals surface area contributed by atoms with Gasteiger partial charge in [-0.05, 0) is 44.9 Å². The minimum atomic E-state index is 0.468. The first-order chi connectivity index (χ1) is 10.2. The molecule has 0 radical (unpaired) electrons. The molecule has 1 fully saturated rings. The molecule has 0 amide bonds. The lowest BCUT2D eigenvalue weighted by Gasteiger charge is -2.17. The third-order valence-electron chi connectivity index (χ3n) is 4.08. The molecule has 1 saturated heterocycles. The van der Waals surface area contributed by atoms with Gasteiger partial charge >= 0.3 is 0 Å². The molecule has 1 aliphatic heterocycles. The number of likely N-dealkylation sites (tertiary alicyclic amines) is 1. The number of nitrogens with zero attached hydrogens (tertiary/aromatic N) is 4. The number of pyridine rings is 1. The van der Waals surface area contributed by atoms with Gasteiger partial charge in [0.05, 0.1) is 5.39 Å². The molecular weight excluding hydrogens is 262 g/mol. The second kappa shape index (κ2) is 5.93. The molecule has 0 spiro atoms. The van der Waals surface area contributed by atoms with Gasteiger partial charge in [0.1, 0.15) is 12.1 Å². The third-order valence-corrected chi connectivity index (χ3v) is 4.08. The highest BCUT2D eigenvalue weighted by Crippen LogP contribution is 2.24. The maximum Gasteiger partial charge on any atom is 0.165 e. The van der Waals surface area contributed by atoms with Crippen LogP contribution in [0, 0.1) is 13.8 Å². The third kappa shape index (κ3) is 2.97. The van der Waals surface area contributed by atoms with Crippen LogP contribution in [0.15, 0.2) is 12.4 Å². The highest BCUT2D eigenvalue weighted by Gasteiger charge is 2.22. The smallest absolute Gasteiger partial charge is 0.165 e. The lowest BCUT2D eigenvalue weighted by Crippen LogP contribution is -2.27. The van der Waals surface area contributed by atoms with E-state index in [1.165, 1.54) is 31.5 Å².